The highest BCUT2D eigenvalue weighted by Gasteiger charge is 2.33. The van der Waals surface area contributed by atoms with E-state index in [1.54, 1.807) is 17.5 Å². The van der Waals surface area contributed by atoms with E-state index in [4.69, 9.17) is 11.6 Å². The summed E-state index contributed by atoms with van der Waals surface area (Å²) in [6, 6.07) is 9.52. The van der Waals surface area contributed by atoms with Crippen LogP contribution >= 0.6 is 22.9 Å². The van der Waals surface area contributed by atoms with Crippen LogP contribution in [0.1, 0.15) is 5.56 Å². The van der Waals surface area contributed by atoms with E-state index < -0.39 is 21.7 Å². The van der Waals surface area contributed by atoms with E-state index >= 15 is 0 Å². The Balaban J connectivity index is 1.81. The third kappa shape index (κ3) is 3.79. The first-order chi connectivity index (χ1) is 14.2. The van der Waals surface area contributed by atoms with Crippen molar-refractivity contribution >= 4 is 50.3 Å². The number of halogens is 4. The average Bonchev–Trinajstić information content (AvgIpc) is 3.14. The molecule has 0 radical (unpaired) electrons. The molecule has 30 heavy (non-hydrogen) atoms. The van der Waals surface area contributed by atoms with Crippen LogP contribution in [-0.2, 0) is 6.18 Å². The predicted molar refractivity (Wildman–Crippen MR) is 109 cm³/mol. The van der Waals surface area contributed by atoms with E-state index in [-0.39, 0.29) is 17.2 Å². The monoisotopic (exact) mass is 450 g/mol. The van der Waals surface area contributed by atoms with Gasteiger partial charge in [0.2, 0.25) is 0 Å². The lowest BCUT2D eigenvalue weighted by Crippen LogP contribution is -2.06. The summed E-state index contributed by atoms with van der Waals surface area (Å²) < 4.78 is 39.5. The zero-order valence-electron chi connectivity index (χ0n) is 14.8. The molecule has 0 aliphatic carbocycles. The fourth-order valence-corrected chi connectivity index (χ4v) is 4.07. The Bertz CT molecular complexity index is 1280. The molecule has 0 saturated carbocycles. The Hall–Kier alpha value is -3.24. The molecule has 11 heteroatoms. The van der Waals surface area contributed by atoms with E-state index in [9.17, 15) is 23.3 Å². The number of nitro benzene ring substituents is 1. The van der Waals surface area contributed by atoms with Crippen molar-refractivity contribution < 1.29 is 18.1 Å². The Kier molecular flexibility index (Phi) is 5.04. The van der Waals surface area contributed by atoms with Gasteiger partial charge < -0.3 is 5.32 Å². The maximum absolute atomic E-state index is 13.2. The summed E-state index contributed by atoms with van der Waals surface area (Å²) in [6.07, 6.45) is -3.31. The molecule has 2 aromatic carbocycles. The molecule has 0 fully saturated rings. The van der Waals surface area contributed by atoms with Crippen LogP contribution < -0.4 is 5.32 Å². The van der Waals surface area contributed by atoms with Crippen LogP contribution in [0.5, 0.6) is 0 Å². The number of rotatable bonds is 4. The number of nitro groups is 1. The summed E-state index contributed by atoms with van der Waals surface area (Å²) in [7, 11) is 0. The van der Waals surface area contributed by atoms with Crippen molar-refractivity contribution in [3.63, 3.8) is 0 Å². The molecule has 2 aromatic heterocycles. The molecule has 4 rings (SSSR count). The fourth-order valence-electron chi connectivity index (χ4n) is 2.93. The van der Waals surface area contributed by atoms with Gasteiger partial charge in [-0.05, 0) is 23.8 Å². The zero-order chi connectivity index (χ0) is 21.5. The van der Waals surface area contributed by atoms with Crippen LogP contribution in [-0.4, -0.2) is 14.9 Å². The molecular formula is C19H10ClF3N4O2S. The standard InChI is InChI=1S/C19H10ClF3N4O2S/c20-15-5-4-11(7-14(15)19(21,22)23)26-17-16-13(8-30-18(16)25-9-24-17)10-2-1-3-12(6-10)27(28)29/h1-9H,(H,24,25,26). The smallest absolute Gasteiger partial charge is 0.340 e. The number of alkyl halides is 3. The Morgan fingerprint density at radius 3 is 2.67 bits per heavy atom. The van der Waals surface area contributed by atoms with Crippen molar-refractivity contribution in [3.8, 4) is 11.1 Å². The molecule has 0 aliphatic heterocycles. The van der Waals surface area contributed by atoms with Gasteiger partial charge in [0.05, 0.1) is 20.9 Å². The molecule has 0 amide bonds. The van der Waals surface area contributed by atoms with Crippen LogP contribution in [0.3, 0.4) is 0 Å². The first kappa shape index (κ1) is 20.0. The molecule has 152 valence electrons. The minimum absolute atomic E-state index is 0.0780. The van der Waals surface area contributed by atoms with Crippen molar-refractivity contribution in [1.29, 1.82) is 0 Å². The number of aromatic nitrogens is 2. The summed E-state index contributed by atoms with van der Waals surface area (Å²) in [4.78, 5) is 19.5. The highest BCUT2D eigenvalue weighted by Crippen LogP contribution is 2.40. The van der Waals surface area contributed by atoms with Crippen LogP contribution in [0.4, 0.5) is 30.4 Å². The molecule has 0 spiro atoms. The fraction of sp³-hybridized carbons (Fsp3) is 0.0526. The van der Waals surface area contributed by atoms with E-state index in [2.05, 4.69) is 15.3 Å². The lowest BCUT2D eigenvalue weighted by atomic mass is 10.1. The number of fused-ring (bicyclic) bond motifs is 1. The lowest BCUT2D eigenvalue weighted by Gasteiger charge is -2.13. The minimum atomic E-state index is -4.60. The Morgan fingerprint density at radius 1 is 1.13 bits per heavy atom. The van der Waals surface area contributed by atoms with Crippen LogP contribution in [0.15, 0.2) is 54.2 Å². The highest BCUT2D eigenvalue weighted by atomic mass is 35.5. The van der Waals surface area contributed by atoms with Gasteiger partial charge in [0.25, 0.3) is 5.69 Å². The molecule has 1 N–H and O–H groups in total. The van der Waals surface area contributed by atoms with E-state index in [1.807, 2.05) is 0 Å². The zero-order valence-corrected chi connectivity index (χ0v) is 16.3. The highest BCUT2D eigenvalue weighted by molar-refractivity contribution is 7.17. The summed E-state index contributed by atoms with van der Waals surface area (Å²) >= 11 is 6.98. The number of hydrogen-bond acceptors (Lipinski definition) is 6. The van der Waals surface area contributed by atoms with Gasteiger partial charge in [-0.1, -0.05) is 23.7 Å². The lowest BCUT2D eigenvalue weighted by molar-refractivity contribution is -0.384. The number of nitrogens with one attached hydrogen (secondary N) is 1. The van der Waals surface area contributed by atoms with Crippen molar-refractivity contribution in [2.75, 3.05) is 5.32 Å². The average molecular weight is 451 g/mol. The van der Waals surface area contributed by atoms with E-state index in [1.165, 1.54) is 35.9 Å². The van der Waals surface area contributed by atoms with Gasteiger partial charge in [-0.25, -0.2) is 9.97 Å². The molecule has 0 saturated heterocycles. The maximum atomic E-state index is 13.2. The van der Waals surface area contributed by atoms with Crippen molar-refractivity contribution in [3.05, 3.63) is 74.9 Å². The van der Waals surface area contributed by atoms with Gasteiger partial charge in [0.1, 0.15) is 17.0 Å². The third-order valence-electron chi connectivity index (χ3n) is 4.27. The van der Waals surface area contributed by atoms with Crippen LogP contribution in [0.2, 0.25) is 5.02 Å². The molecule has 0 bridgehead atoms. The Morgan fingerprint density at radius 2 is 1.93 bits per heavy atom. The number of nitrogens with zero attached hydrogens (tertiary/aromatic N) is 3. The number of benzene rings is 2. The van der Waals surface area contributed by atoms with Gasteiger partial charge >= 0.3 is 6.18 Å². The number of hydrogen-bond donors (Lipinski definition) is 1. The topological polar surface area (TPSA) is 81.0 Å². The van der Waals surface area contributed by atoms with Gasteiger partial charge in [-0.3, -0.25) is 10.1 Å². The Labute approximate surface area is 176 Å². The summed E-state index contributed by atoms with van der Waals surface area (Å²) in [5.41, 5.74) is 0.296. The molecule has 0 aliphatic rings. The van der Waals surface area contributed by atoms with Gasteiger partial charge in [0, 0.05) is 28.8 Å². The molecule has 2 heterocycles. The summed E-state index contributed by atoms with van der Waals surface area (Å²) in [5.74, 6) is 0.276. The first-order valence-corrected chi connectivity index (χ1v) is 9.60. The minimum Gasteiger partial charge on any atom is -0.340 e. The predicted octanol–water partition coefficient (Wildman–Crippen LogP) is 6.68. The normalized spacial score (nSPS) is 11.6. The molecule has 0 unspecified atom stereocenters. The second-order valence-corrected chi connectivity index (χ2v) is 7.44. The van der Waals surface area contributed by atoms with Crippen molar-refractivity contribution in [2.24, 2.45) is 0 Å². The molecule has 4 aromatic rings. The number of non-ortho nitro benzene ring substituents is 1. The second-order valence-electron chi connectivity index (χ2n) is 6.18. The van der Waals surface area contributed by atoms with Crippen molar-refractivity contribution in [1.82, 2.24) is 9.97 Å². The second kappa shape index (κ2) is 7.54. The largest absolute Gasteiger partial charge is 0.417 e. The molecule has 0 atom stereocenters. The van der Waals surface area contributed by atoms with Crippen LogP contribution in [0, 0.1) is 10.1 Å². The van der Waals surface area contributed by atoms with Gasteiger partial charge in [-0.15, -0.1) is 11.3 Å². The molecular weight excluding hydrogens is 441 g/mol. The van der Waals surface area contributed by atoms with E-state index in [0.717, 1.165) is 12.1 Å². The van der Waals surface area contributed by atoms with E-state index in [0.29, 0.717) is 21.3 Å². The SMILES string of the molecule is O=[N+]([O-])c1cccc(-c2csc3ncnc(Nc4ccc(Cl)c(C(F)(F)F)c4)c23)c1. The maximum Gasteiger partial charge on any atom is 0.417 e. The van der Waals surface area contributed by atoms with Gasteiger partial charge in [-0.2, -0.15) is 13.2 Å². The summed E-state index contributed by atoms with van der Waals surface area (Å²) in [5, 5.41) is 15.9. The van der Waals surface area contributed by atoms with Crippen LogP contribution in [0.25, 0.3) is 21.3 Å². The third-order valence-corrected chi connectivity index (χ3v) is 5.49. The van der Waals surface area contributed by atoms with Gasteiger partial charge in [0.15, 0.2) is 0 Å². The quantitative estimate of drug-likeness (QED) is 0.277. The number of thiophene rings is 1. The number of anilines is 2. The summed E-state index contributed by atoms with van der Waals surface area (Å²) in [6.45, 7) is 0. The van der Waals surface area contributed by atoms with Crippen molar-refractivity contribution in [2.45, 2.75) is 6.18 Å². The first-order valence-electron chi connectivity index (χ1n) is 8.35. The molecule has 6 nitrogen and oxygen atoms in total.